The van der Waals surface area contributed by atoms with Crippen molar-refractivity contribution in [1.82, 2.24) is 34.4 Å². The van der Waals surface area contributed by atoms with E-state index in [9.17, 15) is 0 Å². The Morgan fingerprint density at radius 2 is 1.87 bits per heavy atom. The van der Waals surface area contributed by atoms with Gasteiger partial charge < -0.3 is 10.6 Å². The van der Waals surface area contributed by atoms with Crippen LogP contribution in [-0.4, -0.2) is 66.7 Å². The van der Waals surface area contributed by atoms with Crippen LogP contribution in [0.4, 0.5) is 11.6 Å². The number of rotatable bonds is 4. The summed E-state index contributed by atoms with van der Waals surface area (Å²) in [4.78, 5) is 18.6. The van der Waals surface area contributed by atoms with Crippen molar-refractivity contribution in [2.45, 2.75) is 19.9 Å². The summed E-state index contributed by atoms with van der Waals surface area (Å²) in [5.41, 5.74) is 10.3. The first kappa shape index (κ1) is 18.6. The van der Waals surface area contributed by atoms with Crippen molar-refractivity contribution in [3.8, 4) is 22.5 Å². The van der Waals surface area contributed by atoms with Crippen molar-refractivity contribution in [2.24, 2.45) is 0 Å². The minimum absolute atomic E-state index is 0.385. The van der Waals surface area contributed by atoms with Crippen molar-refractivity contribution >= 4 is 17.3 Å². The number of nitrogens with one attached hydrogen (secondary N) is 1. The molecule has 0 atom stereocenters. The van der Waals surface area contributed by atoms with Crippen LogP contribution in [0.2, 0.25) is 0 Å². The molecular formula is C21H25N9. The molecule has 5 rings (SSSR count). The number of piperazine rings is 1. The number of imidazole rings is 1. The number of pyridine rings is 1. The summed E-state index contributed by atoms with van der Waals surface area (Å²) in [5, 5.41) is 6.97. The molecule has 1 aliphatic rings. The quantitative estimate of drug-likeness (QED) is 0.539. The van der Waals surface area contributed by atoms with E-state index in [2.05, 4.69) is 55.9 Å². The fourth-order valence-electron chi connectivity index (χ4n) is 4.05. The monoisotopic (exact) mass is 403 g/mol. The Morgan fingerprint density at radius 1 is 1.03 bits per heavy atom. The van der Waals surface area contributed by atoms with E-state index in [0.29, 0.717) is 17.5 Å². The fraction of sp³-hybridized carbons (Fsp3) is 0.333. The molecule has 0 aromatic carbocycles. The van der Waals surface area contributed by atoms with Gasteiger partial charge in [-0.3, -0.25) is 14.4 Å². The second-order valence-electron chi connectivity index (χ2n) is 7.82. The van der Waals surface area contributed by atoms with E-state index in [1.165, 1.54) is 0 Å². The standard InChI is InChI=1S/C21H25N9/c1-14(2)28-7-9-29(10-8-28)17-4-3-15(11-24-17)18-19(16-12-25-26-13-16)30-6-5-23-21(30)20(22)27-18/h3-6,11-14H,7-10H2,1-2H3,(H2,22,27)(H,25,26). The molecule has 0 saturated carbocycles. The first-order valence-corrected chi connectivity index (χ1v) is 10.2. The van der Waals surface area contributed by atoms with Gasteiger partial charge in [-0.15, -0.1) is 0 Å². The Labute approximate surface area is 174 Å². The summed E-state index contributed by atoms with van der Waals surface area (Å²) in [5.74, 6) is 1.37. The average molecular weight is 403 g/mol. The van der Waals surface area contributed by atoms with Crippen LogP contribution in [0.15, 0.2) is 43.1 Å². The molecule has 30 heavy (non-hydrogen) atoms. The summed E-state index contributed by atoms with van der Waals surface area (Å²) in [6, 6.07) is 4.71. The lowest BCUT2D eigenvalue weighted by Gasteiger charge is -2.37. The molecule has 0 aliphatic carbocycles. The number of H-pyrrole nitrogens is 1. The third-order valence-electron chi connectivity index (χ3n) is 5.73. The van der Waals surface area contributed by atoms with E-state index in [1.807, 2.05) is 23.0 Å². The smallest absolute Gasteiger partial charge is 0.180 e. The maximum Gasteiger partial charge on any atom is 0.180 e. The third kappa shape index (κ3) is 3.17. The minimum atomic E-state index is 0.385. The molecule has 0 spiro atoms. The molecule has 3 N–H and O–H groups in total. The predicted octanol–water partition coefficient (Wildman–Crippen LogP) is 2.29. The number of aromatic amines is 1. The summed E-state index contributed by atoms with van der Waals surface area (Å²) in [7, 11) is 0. The van der Waals surface area contributed by atoms with E-state index in [-0.39, 0.29) is 0 Å². The Kier molecular flexibility index (Phi) is 4.59. The van der Waals surface area contributed by atoms with E-state index >= 15 is 0 Å². The maximum atomic E-state index is 6.19. The van der Waals surface area contributed by atoms with E-state index in [4.69, 9.17) is 10.7 Å². The molecule has 5 heterocycles. The Bertz CT molecular complexity index is 1140. The molecule has 4 aromatic heterocycles. The van der Waals surface area contributed by atoms with Crippen molar-refractivity contribution in [3.05, 3.63) is 43.1 Å². The predicted molar refractivity (Wildman–Crippen MR) is 117 cm³/mol. The van der Waals surface area contributed by atoms with Gasteiger partial charge in [-0.05, 0) is 26.0 Å². The van der Waals surface area contributed by atoms with Crippen LogP contribution < -0.4 is 10.6 Å². The summed E-state index contributed by atoms with van der Waals surface area (Å²) in [6.45, 7) is 8.57. The first-order chi connectivity index (χ1) is 14.6. The van der Waals surface area contributed by atoms with Crippen LogP contribution >= 0.6 is 0 Å². The van der Waals surface area contributed by atoms with Gasteiger partial charge in [-0.25, -0.2) is 15.0 Å². The van der Waals surface area contributed by atoms with Crippen molar-refractivity contribution < 1.29 is 0 Å². The van der Waals surface area contributed by atoms with Crippen LogP contribution in [0.25, 0.3) is 28.2 Å². The molecule has 9 heteroatoms. The maximum absolute atomic E-state index is 6.19. The zero-order valence-electron chi connectivity index (χ0n) is 17.2. The molecule has 1 saturated heterocycles. The molecule has 0 radical (unpaired) electrons. The van der Waals surface area contributed by atoms with Gasteiger partial charge in [0.15, 0.2) is 11.5 Å². The number of hydrogen-bond donors (Lipinski definition) is 2. The van der Waals surface area contributed by atoms with Crippen LogP contribution in [0, 0.1) is 0 Å². The van der Waals surface area contributed by atoms with Gasteiger partial charge in [0, 0.05) is 68.1 Å². The zero-order valence-corrected chi connectivity index (χ0v) is 17.2. The third-order valence-corrected chi connectivity index (χ3v) is 5.73. The van der Waals surface area contributed by atoms with Crippen molar-refractivity contribution in [1.29, 1.82) is 0 Å². The average Bonchev–Trinajstić information content (AvgIpc) is 3.47. The molecule has 1 aliphatic heterocycles. The highest BCUT2D eigenvalue weighted by Gasteiger charge is 2.21. The molecule has 0 unspecified atom stereocenters. The van der Waals surface area contributed by atoms with Crippen LogP contribution in [0.1, 0.15) is 13.8 Å². The largest absolute Gasteiger partial charge is 0.381 e. The molecule has 9 nitrogen and oxygen atoms in total. The number of nitrogens with zero attached hydrogens (tertiary/aromatic N) is 7. The van der Waals surface area contributed by atoms with Gasteiger partial charge in [-0.2, -0.15) is 5.10 Å². The Hall–Kier alpha value is -3.46. The Morgan fingerprint density at radius 3 is 2.53 bits per heavy atom. The lowest BCUT2D eigenvalue weighted by Crippen LogP contribution is -2.49. The molecule has 4 aromatic rings. The van der Waals surface area contributed by atoms with Gasteiger partial charge in [0.05, 0.1) is 17.6 Å². The highest BCUT2D eigenvalue weighted by Crippen LogP contribution is 2.32. The van der Waals surface area contributed by atoms with Crippen LogP contribution in [0.5, 0.6) is 0 Å². The van der Waals surface area contributed by atoms with Gasteiger partial charge in [0.2, 0.25) is 0 Å². The molecule has 154 valence electrons. The van der Waals surface area contributed by atoms with Gasteiger partial charge in [0.1, 0.15) is 5.82 Å². The van der Waals surface area contributed by atoms with E-state index < -0.39 is 0 Å². The Balaban J connectivity index is 1.50. The van der Waals surface area contributed by atoms with Gasteiger partial charge in [0.25, 0.3) is 0 Å². The highest BCUT2D eigenvalue weighted by atomic mass is 15.3. The number of aromatic nitrogens is 6. The lowest BCUT2D eigenvalue weighted by atomic mass is 10.1. The second kappa shape index (κ2) is 7.42. The number of nitrogen functional groups attached to an aromatic ring is 1. The van der Waals surface area contributed by atoms with E-state index in [0.717, 1.165) is 54.5 Å². The van der Waals surface area contributed by atoms with Gasteiger partial charge in [-0.1, -0.05) is 0 Å². The zero-order chi connectivity index (χ0) is 20.7. The topological polar surface area (TPSA) is 104 Å². The first-order valence-electron chi connectivity index (χ1n) is 10.2. The molecule has 0 bridgehead atoms. The number of anilines is 2. The molecular weight excluding hydrogens is 378 g/mol. The SMILES string of the molecule is CC(C)N1CCN(c2ccc(-c3nc(N)c4nccn4c3-c3cn[nH]c3)cn2)CC1. The highest BCUT2D eigenvalue weighted by molar-refractivity contribution is 5.82. The van der Waals surface area contributed by atoms with Crippen molar-refractivity contribution in [2.75, 3.05) is 36.8 Å². The lowest BCUT2D eigenvalue weighted by molar-refractivity contribution is 0.209. The van der Waals surface area contributed by atoms with Crippen LogP contribution in [0.3, 0.4) is 0 Å². The van der Waals surface area contributed by atoms with Crippen molar-refractivity contribution in [3.63, 3.8) is 0 Å². The summed E-state index contributed by atoms with van der Waals surface area (Å²) in [6.07, 6.45) is 9.09. The van der Waals surface area contributed by atoms with E-state index in [1.54, 1.807) is 12.4 Å². The minimum Gasteiger partial charge on any atom is -0.381 e. The molecule has 0 amide bonds. The summed E-state index contributed by atoms with van der Waals surface area (Å²) < 4.78 is 1.95. The normalized spacial score (nSPS) is 15.4. The van der Waals surface area contributed by atoms with Gasteiger partial charge >= 0.3 is 0 Å². The second-order valence-corrected chi connectivity index (χ2v) is 7.82. The number of nitrogens with two attached hydrogens (primary N) is 1. The van der Waals surface area contributed by atoms with Crippen LogP contribution in [-0.2, 0) is 0 Å². The number of hydrogen-bond acceptors (Lipinski definition) is 7. The summed E-state index contributed by atoms with van der Waals surface area (Å²) >= 11 is 0. The fourth-order valence-corrected chi connectivity index (χ4v) is 4.05. The molecule has 1 fully saturated rings. The number of fused-ring (bicyclic) bond motifs is 1.